The first-order valence-corrected chi connectivity index (χ1v) is 6.05. The van der Waals surface area contributed by atoms with Crippen molar-refractivity contribution in [3.8, 4) is 0 Å². The molecule has 1 aliphatic carbocycles. The molecule has 0 bridgehead atoms. The number of nitrogens with one attached hydrogen (secondary N) is 1. The molecule has 1 atom stereocenters. The van der Waals surface area contributed by atoms with Gasteiger partial charge in [0.2, 0.25) is 5.92 Å². The lowest BCUT2D eigenvalue weighted by atomic mass is 10.1. The first kappa shape index (κ1) is 12.8. The highest BCUT2D eigenvalue weighted by molar-refractivity contribution is 5.92. The van der Waals surface area contributed by atoms with Gasteiger partial charge in [-0.1, -0.05) is 18.2 Å². The number of aliphatic imine (C=N–C) groups is 1. The van der Waals surface area contributed by atoms with Gasteiger partial charge in [-0.05, 0) is 24.5 Å². The molecule has 1 aromatic rings. The van der Waals surface area contributed by atoms with Gasteiger partial charge in [-0.3, -0.25) is 4.99 Å². The molecule has 5 heteroatoms. The number of nitrogens with two attached hydrogens (primary N) is 1. The smallest absolute Gasteiger partial charge is 0.248 e. The second-order valence-electron chi connectivity index (χ2n) is 4.68. The van der Waals surface area contributed by atoms with Crippen LogP contribution < -0.4 is 11.1 Å². The summed E-state index contributed by atoms with van der Waals surface area (Å²) in [4.78, 5) is 4.12. The maximum Gasteiger partial charge on any atom is 0.248 e. The van der Waals surface area contributed by atoms with Gasteiger partial charge in [0, 0.05) is 25.1 Å². The largest absolute Gasteiger partial charge is 0.370 e. The third-order valence-corrected chi connectivity index (χ3v) is 3.07. The van der Waals surface area contributed by atoms with E-state index in [1.54, 1.807) is 0 Å². The van der Waals surface area contributed by atoms with Crippen LogP contribution in [0, 0.1) is 5.92 Å². The highest BCUT2D eigenvalue weighted by Gasteiger charge is 2.39. The Morgan fingerprint density at radius 2 is 2.11 bits per heavy atom. The number of para-hydroxylation sites is 1. The molecular formula is C13H17F2N3. The van der Waals surface area contributed by atoms with Crippen LogP contribution in [0.15, 0.2) is 35.3 Å². The van der Waals surface area contributed by atoms with E-state index in [4.69, 9.17) is 5.73 Å². The fourth-order valence-corrected chi connectivity index (χ4v) is 2.13. The molecule has 1 saturated carbocycles. The van der Waals surface area contributed by atoms with Crippen LogP contribution in [0.5, 0.6) is 0 Å². The summed E-state index contributed by atoms with van der Waals surface area (Å²) in [5.41, 5.74) is 6.55. The first-order chi connectivity index (χ1) is 8.55. The monoisotopic (exact) mass is 253 g/mol. The van der Waals surface area contributed by atoms with E-state index in [0.717, 1.165) is 5.69 Å². The maximum atomic E-state index is 13.0. The Balaban J connectivity index is 1.83. The SMILES string of the molecule is NC(=NCC1CCC(F)(F)C1)Nc1ccccc1. The molecule has 2 rings (SSSR count). The van der Waals surface area contributed by atoms with Crippen molar-refractivity contribution >= 4 is 11.6 Å². The van der Waals surface area contributed by atoms with E-state index in [9.17, 15) is 8.78 Å². The number of nitrogens with zero attached hydrogens (tertiary/aromatic N) is 1. The van der Waals surface area contributed by atoms with Crippen LogP contribution in [0.3, 0.4) is 0 Å². The highest BCUT2D eigenvalue weighted by atomic mass is 19.3. The van der Waals surface area contributed by atoms with Gasteiger partial charge >= 0.3 is 0 Å². The molecule has 0 spiro atoms. The molecule has 1 aliphatic rings. The van der Waals surface area contributed by atoms with Crippen molar-refractivity contribution in [1.82, 2.24) is 0 Å². The lowest BCUT2D eigenvalue weighted by Gasteiger charge is -2.09. The molecule has 1 fully saturated rings. The summed E-state index contributed by atoms with van der Waals surface area (Å²) in [5.74, 6) is -2.30. The minimum atomic E-state index is -2.51. The molecule has 0 amide bonds. The molecule has 3 N–H and O–H groups in total. The Kier molecular flexibility index (Phi) is 3.79. The predicted molar refractivity (Wildman–Crippen MR) is 68.8 cm³/mol. The maximum absolute atomic E-state index is 13.0. The van der Waals surface area contributed by atoms with Crippen molar-refractivity contribution < 1.29 is 8.78 Å². The third kappa shape index (κ3) is 3.68. The van der Waals surface area contributed by atoms with Crippen LogP contribution in [0.1, 0.15) is 19.3 Å². The van der Waals surface area contributed by atoms with E-state index in [2.05, 4.69) is 10.3 Å². The van der Waals surface area contributed by atoms with Crippen molar-refractivity contribution in [3.63, 3.8) is 0 Å². The molecule has 0 radical (unpaired) electrons. The van der Waals surface area contributed by atoms with Gasteiger partial charge in [0.25, 0.3) is 0 Å². The number of benzene rings is 1. The summed E-state index contributed by atoms with van der Waals surface area (Å²) in [5, 5.41) is 2.93. The van der Waals surface area contributed by atoms with E-state index in [1.807, 2.05) is 30.3 Å². The summed E-state index contributed by atoms with van der Waals surface area (Å²) >= 11 is 0. The van der Waals surface area contributed by atoms with Crippen molar-refractivity contribution in [2.75, 3.05) is 11.9 Å². The first-order valence-electron chi connectivity index (χ1n) is 6.05. The molecular weight excluding hydrogens is 236 g/mol. The number of hydrogen-bond donors (Lipinski definition) is 2. The summed E-state index contributed by atoms with van der Waals surface area (Å²) in [6, 6.07) is 9.40. The zero-order valence-electron chi connectivity index (χ0n) is 10.1. The number of alkyl halides is 2. The third-order valence-electron chi connectivity index (χ3n) is 3.07. The van der Waals surface area contributed by atoms with E-state index in [1.165, 1.54) is 0 Å². The van der Waals surface area contributed by atoms with Crippen molar-refractivity contribution in [2.24, 2.45) is 16.6 Å². The summed E-state index contributed by atoms with van der Waals surface area (Å²) in [6.45, 7) is 0.362. The molecule has 1 unspecified atom stereocenters. The minimum Gasteiger partial charge on any atom is -0.370 e. The van der Waals surface area contributed by atoms with Crippen molar-refractivity contribution in [3.05, 3.63) is 30.3 Å². The number of hydrogen-bond acceptors (Lipinski definition) is 1. The summed E-state index contributed by atoms with van der Waals surface area (Å²) in [6.07, 6.45) is 0.420. The van der Waals surface area contributed by atoms with Gasteiger partial charge < -0.3 is 11.1 Å². The number of halogens is 2. The van der Waals surface area contributed by atoms with Gasteiger partial charge in [-0.2, -0.15) is 0 Å². The van der Waals surface area contributed by atoms with Crippen LogP contribution in [0.25, 0.3) is 0 Å². The van der Waals surface area contributed by atoms with Crippen LogP contribution in [-0.4, -0.2) is 18.4 Å². The molecule has 0 aromatic heterocycles. The van der Waals surface area contributed by atoms with E-state index < -0.39 is 5.92 Å². The normalized spacial score (nSPS) is 23.0. The van der Waals surface area contributed by atoms with Crippen molar-refractivity contribution in [1.29, 1.82) is 0 Å². The fourth-order valence-electron chi connectivity index (χ4n) is 2.13. The second-order valence-corrected chi connectivity index (χ2v) is 4.68. The van der Waals surface area contributed by atoms with Crippen molar-refractivity contribution in [2.45, 2.75) is 25.2 Å². The minimum absolute atomic E-state index is 0.0286. The Hall–Kier alpha value is -1.65. The molecule has 98 valence electrons. The Morgan fingerprint density at radius 3 is 2.72 bits per heavy atom. The zero-order chi connectivity index (χ0) is 13.0. The van der Waals surface area contributed by atoms with Gasteiger partial charge in [0.1, 0.15) is 0 Å². The molecule has 1 aromatic carbocycles. The van der Waals surface area contributed by atoms with E-state index in [0.29, 0.717) is 13.0 Å². The van der Waals surface area contributed by atoms with Gasteiger partial charge in [-0.15, -0.1) is 0 Å². The number of anilines is 1. The molecule has 18 heavy (non-hydrogen) atoms. The summed E-state index contributed by atoms with van der Waals surface area (Å²) in [7, 11) is 0. The van der Waals surface area contributed by atoms with Gasteiger partial charge in [0.05, 0.1) is 0 Å². The lowest BCUT2D eigenvalue weighted by molar-refractivity contribution is 0.00542. The molecule has 0 heterocycles. The van der Waals surface area contributed by atoms with E-state index in [-0.39, 0.29) is 24.7 Å². The molecule has 0 saturated heterocycles. The fraction of sp³-hybridized carbons (Fsp3) is 0.462. The van der Waals surface area contributed by atoms with E-state index >= 15 is 0 Å². The summed E-state index contributed by atoms with van der Waals surface area (Å²) < 4.78 is 25.9. The Bertz CT molecular complexity index is 418. The Labute approximate surface area is 105 Å². The van der Waals surface area contributed by atoms with Crippen LogP contribution in [0.4, 0.5) is 14.5 Å². The van der Waals surface area contributed by atoms with Crippen LogP contribution in [-0.2, 0) is 0 Å². The van der Waals surface area contributed by atoms with Crippen LogP contribution in [0.2, 0.25) is 0 Å². The standard InChI is InChI=1S/C13H17F2N3/c14-13(15)7-6-10(8-13)9-17-12(16)18-11-4-2-1-3-5-11/h1-5,10H,6-9H2,(H3,16,17,18). The second kappa shape index (κ2) is 5.33. The number of guanidine groups is 1. The Morgan fingerprint density at radius 1 is 1.39 bits per heavy atom. The van der Waals surface area contributed by atoms with Gasteiger partial charge in [-0.25, -0.2) is 8.78 Å². The number of rotatable bonds is 3. The zero-order valence-corrected chi connectivity index (χ0v) is 10.1. The van der Waals surface area contributed by atoms with Gasteiger partial charge in [0.15, 0.2) is 5.96 Å². The average molecular weight is 253 g/mol. The van der Waals surface area contributed by atoms with Crippen LogP contribution >= 0.6 is 0 Å². The average Bonchev–Trinajstić information content (AvgIpc) is 2.68. The topological polar surface area (TPSA) is 50.4 Å². The quantitative estimate of drug-likeness (QED) is 0.643. The highest BCUT2D eigenvalue weighted by Crippen LogP contribution is 2.38. The molecule has 0 aliphatic heterocycles. The molecule has 3 nitrogen and oxygen atoms in total. The lowest BCUT2D eigenvalue weighted by Crippen LogP contribution is -2.23. The predicted octanol–water partition coefficient (Wildman–Crippen LogP) is 2.85.